The number of nitrogens with two attached hydrogens (primary N) is 2. The monoisotopic (exact) mass is 447 g/mol. The van der Waals surface area contributed by atoms with Gasteiger partial charge in [0.2, 0.25) is 0 Å². The molecule has 0 spiro atoms. The van der Waals surface area contributed by atoms with Gasteiger partial charge in [0.15, 0.2) is 0 Å². The molecule has 152 valence electrons. The number of halogens is 1. The molecule has 3 aromatic rings. The smallest absolute Gasteiger partial charge is 0.133 e. The largest absolute Gasteiger partial charge is 0.378 e. The number of aromatic nitrogens is 2. The molecular weight excluding hydrogens is 426 g/mol. The second-order valence-corrected chi connectivity index (χ2v) is 9.42. The van der Waals surface area contributed by atoms with E-state index in [0.29, 0.717) is 13.2 Å². The molecular formula is C20H22ClN5OS2. The van der Waals surface area contributed by atoms with Gasteiger partial charge in [-0.1, -0.05) is 35.5 Å². The van der Waals surface area contributed by atoms with E-state index in [1.807, 2.05) is 36.5 Å². The highest BCUT2D eigenvalue weighted by molar-refractivity contribution is 8.09. The molecule has 0 radical (unpaired) electrons. The zero-order valence-corrected chi connectivity index (χ0v) is 18.3. The van der Waals surface area contributed by atoms with Gasteiger partial charge < -0.3 is 21.1 Å². The summed E-state index contributed by atoms with van der Waals surface area (Å²) in [5.41, 5.74) is 15.8. The summed E-state index contributed by atoms with van der Waals surface area (Å²) in [6, 6.07) is 9.63. The van der Waals surface area contributed by atoms with Crippen molar-refractivity contribution >= 4 is 49.8 Å². The van der Waals surface area contributed by atoms with Gasteiger partial charge in [-0.3, -0.25) is 4.98 Å². The van der Waals surface area contributed by atoms with Gasteiger partial charge in [-0.2, -0.15) is 0 Å². The standard InChI is InChI=1S/C20H22ClN5OS2/c1-27-11-16-18(19-25-15-6-7-24-9-17(15)28-19)29-20(23)26(16)10-14(22)8-12-2-4-13(21)5-3-12/h2-7,9,14,20H,8,10-11,22-23H2,1H3/t14-,20?/m1/s1. The van der Waals surface area contributed by atoms with Crippen molar-refractivity contribution in [2.45, 2.75) is 18.0 Å². The fourth-order valence-electron chi connectivity index (χ4n) is 3.33. The average molecular weight is 448 g/mol. The van der Waals surface area contributed by atoms with Gasteiger partial charge in [-0.25, -0.2) is 4.98 Å². The predicted octanol–water partition coefficient (Wildman–Crippen LogP) is 3.52. The molecule has 3 heterocycles. The number of fused-ring (bicyclic) bond motifs is 1. The summed E-state index contributed by atoms with van der Waals surface area (Å²) in [4.78, 5) is 12.1. The highest BCUT2D eigenvalue weighted by Gasteiger charge is 2.33. The van der Waals surface area contributed by atoms with Crippen molar-refractivity contribution in [3.63, 3.8) is 0 Å². The number of methoxy groups -OCH3 is 1. The van der Waals surface area contributed by atoms with E-state index in [-0.39, 0.29) is 11.5 Å². The lowest BCUT2D eigenvalue weighted by Gasteiger charge is -2.29. The third-order valence-corrected chi connectivity index (χ3v) is 7.23. The molecule has 0 saturated carbocycles. The number of nitrogens with zero attached hydrogens (tertiary/aromatic N) is 3. The molecule has 2 atom stereocenters. The first-order chi connectivity index (χ1) is 14.0. The number of rotatable bonds is 7. The molecule has 0 saturated heterocycles. The fourth-order valence-corrected chi connectivity index (χ4v) is 5.66. The Hall–Kier alpha value is -1.68. The number of hydrogen-bond donors (Lipinski definition) is 2. The lowest BCUT2D eigenvalue weighted by molar-refractivity contribution is 0.184. The quantitative estimate of drug-likeness (QED) is 0.572. The highest BCUT2D eigenvalue weighted by atomic mass is 35.5. The third kappa shape index (κ3) is 4.58. The Morgan fingerprint density at radius 3 is 2.79 bits per heavy atom. The molecule has 1 aromatic carbocycles. The van der Waals surface area contributed by atoms with Gasteiger partial charge in [-0.05, 0) is 30.2 Å². The first-order valence-electron chi connectivity index (χ1n) is 9.17. The van der Waals surface area contributed by atoms with Gasteiger partial charge >= 0.3 is 0 Å². The minimum atomic E-state index is -0.225. The normalized spacial score (nSPS) is 18.1. The molecule has 6 nitrogen and oxygen atoms in total. The average Bonchev–Trinajstić information content (AvgIpc) is 3.26. The first-order valence-corrected chi connectivity index (χ1v) is 11.2. The van der Waals surface area contributed by atoms with Crippen LogP contribution in [0.25, 0.3) is 15.1 Å². The molecule has 0 amide bonds. The molecule has 9 heteroatoms. The van der Waals surface area contributed by atoms with Crippen LogP contribution in [0.15, 0.2) is 48.4 Å². The second kappa shape index (κ2) is 8.99. The summed E-state index contributed by atoms with van der Waals surface area (Å²) in [5, 5.41) is 1.66. The van der Waals surface area contributed by atoms with Gasteiger partial charge in [-0.15, -0.1) is 11.3 Å². The zero-order valence-electron chi connectivity index (χ0n) is 15.9. The van der Waals surface area contributed by atoms with Crippen LogP contribution in [0.4, 0.5) is 0 Å². The van der Waals surface area contributed by atoms with Crippen LogP contribution in [0.2, 0.25) is 5.02 Å². The molecule has 1 aliphatic heterocycles. The van der Waals surface area contributed by atoms with E-state index in [9.17, 15) is 0 Å². The summed E-state index contributed by atoms with van der Waals surface area (Å²) in [6.07, 6.45) is 4.34. The fraction of sp³-hybridized carbons (Fsp3) is 0.300. The van der Waals surface area contributed by atoms with Crippen molar-refractivity contribution in [1.29, 1.82) is 0 Å². The summed E-state index contributed by atoms with van der Waals surface area (Å²) >= 11 is 9.19. The van der Waals surface area contributed by atoms with Crippen LogP contribution in [0, 0.1) is 0 Å². The zero-order chi connectivity index (χ0) is 20.4. The number of ether oxygens (including phenoxy) is 1. The lowest BCUT2D eigenvalue weighted by atomic mass is 10.1. The summed E-state index contributed by atoms with van der Waals surface area (Å²) in [6.45, 7) is 1.09. The Bertz CT molecular complexity index is 990. The molecule has 1 unspecified atom stereocenters. The van der Waals surface area contributed by atoms with E-state index < -0.39 is 0 Å². The van der Waals surface area contributed by atoms with Crippen LogP contribution in [0.1, 0.15) is 10.6 Å². The first kappa shape index (κ1) is 20.6. The molecule has 29 heavy (non-hydrogen) atoms. The van der Waals surface area contributed by atoms with Crippen LogP contribution in [0.3, 0.4) is 0 Å². The van der Waals surface area contributed by atoms with Crippen LogP contribution in [0.5, 0.6) is 0 Å². The van der Waals surface area contributed by atoms with Crippen molar-refractivity contribution < 1.29 is 4.74 Å². The number of thioether (sulfide) groups is 1. The molecule has 0 aliphatic carbocycles. The van der Waals surface area contributed by atoms with Crippen molar-refractivity contribution in [2.24, 2.45) is 11.5 Å². The van der Waals surface area contributed by atoms with E-state index >= 15 is 0 Å². The molecule has 1 aliphatic rings. The molecule has 4 N–H and O–H groups in total. The Morgan fingerprint density at radius 2 is 2.07 bits per heavy atom. The Kier molecular flexibility index (Phi) is 6.38. The SMILES string of the molecule is COCC1=C(c2nc3ccncc3s2)SC(N)N1C[C@H](N)Cc1ccc(Cl)cc1. The minimum Gasteiger partial charge on any atom is -0.378 e. The van der Waals surface area contributed by atoms with E-state index in [2.05, 4.69) is 9.88 Å². The van der Waals surface area contributed by atoms with Gasteiger partial charge in [0, 0.05) is 37.1 Å². The third-order valence-electron chi connectivity index (χ3n) is 4.66. The van der Waals surface area contributed by atoms with Crippen molar-refractivity contribution in [3.8, 4) is 0 Å². The van der Waals surface area contributed by atoms with Crippen LogP contribution in [-0.4, -0.2) is 46.7 Å². The maximum atomic E-state index is 6.47. The highest BCUT2D eigenvalue weighted by Crippen LogP contribution is 2.44. The Morgan fingerprint density at radius 1 is 1.28 bits per heavy atom. The lowest BCUT2D eigenvalue weighted by Crippen LogP contribution is -2.44. The predicted molar refractivity (Wildman–Crippen MR) is 122 cm³/mol. The summed E-state index contributed by atoms with van der Waals surface area (Å²) in [5.74, 6) is 0. The van der Waals surface area contributed by atoms with Crippen LogP contribution >= 0.6 is 34.7 Å². The summed E-state index contributed by atoms with van der Waals surface area (Å²) < 4.78 is 6.54. The van der Waals surface area contributed by atoms with E-state index in [4.69, 9.17) is 32.8 Å². The molecule has 0 fully saturated rings. The van der Waals surface area contributed by atoms with Crippen LogP contribution < -0.4 is 11.5 Å². The minimum absolute atomic E-state index is 0.0754. The maximum Gasteiger partial charge on any atom is 0.133 e. The maximum absolute atomic E-state index is 6.47. The van der Waals surface area contributed by atoms with Crippen molar-refractivity contribution in [2.75, 3.05) is 20.3 Å². The van der Waals surface area contributed by atoms with Crippen LogP contribution in [-0.2, 0) is 11.2 Å². The Balaban J connectivity index is 1.57. The van der Waals surface area contributed by atoms with E-state index in [0.717, 1.165) is 42.8 Å². The van der Waals surface area contributed by atoms with Gasteiger partial charge in [0.1, 0.15) is 10.5 Å². The van der Waals surface area contributed by atoms with Gasteiger partial charge in [0.05, 0.1) is 27.4 Å². The molecule has 2 aromatic heterocycles. The van der Waals surface area contributed by atoms with E-state index in [1.54, 1.807) is 36.4 Å². The number of thiazole rings is 1. The summed E-state index contributed by atoms with van der Waals surface area (Å²) in [7, 11) is 1.69. The van der Waals surface area contributed by atoms with Crippen molar-refractivity contribution in [3.05, 3.63) is 64.0 Å². The topological polar surface area (TPSA) is 90.3 Å². The van der Waals surface area contributed by atoms with Gasteiger partial charge in [0.25, 0.3) is 0 Å². The van der Waals surface area contributed by atoms with E-state index in [1.165, 1.54) is 0 Å². The van der Waals surface area contributed by atoms with Crippen molar-refractivity contribution in [1.82, 2.24) is 14.9 Å². The Labute approximate surface area is 182 Å². The number of hydrogen-bond acceptors (Lipinski definition) is 8. The number of pyridine rings is 1. The molecule has 0 bridgehead atoms. The second-order valence-electron chi connectivity index (χ2n) is 6.82. The number of benzene rings is 1. The molecule has 4 rings (SSSR count).